The summed E-state index contributed by atoms with van der Waals surface area (Å²) in [6.45, 7) is 9.51. The first kappa shape index (κ1) is 27.0. The maximum Gasteiger partial charge on any atom is -0.0443 e. The molecule has 0 aromatic rings. The first-order valence-corrected chi connectivity index (χ1v) is 13.2. The zero-order valence-electron chi connectivity index (χ0n) is 20.0. The van der Waals surface area contributed by atoms with Crippen molar-refractivity contribution in [3.05, 3.63) is 0 Å². The average molecular weight is 381 g/mol. The number of unbranched alkanes of at least 4 members (excludes halogenated alkanes) is 15. The summed E-state index contributed by atoms with van der Waals surface area (Å²) >= 11 is 0. The fourth-order valence-corrected chi connectivity index (χ4v) is 4.20. The molecule has 27 heavy (non-hydrogen) atoms. The van der Waals surface area contributed by atoms with Crippen molar-refractivity contribution < 1.29 is 0 Å². The topological polar surface area (TPSA) is 0 Å². The van der Waals surface area contributed by atoms with Gasteiger partial charge in [-0.15, -0.1) is 0 Å². The molecular formula is C27H56. The van der Waals surface area contributed by atoms with Crippen LogP contribution in [0, 0.1) is 11.8 Å². The maximum absolute atomic E-state index is 2.49. The standard InChI is InChI=1S/C27H56/c1-5-7-8-9-10-11-12-13-14-15-16-17-21-24-27(4)25-22-19-18-20-23-26(3)6-2/h26-27H,5-25H2,1-4H3. The van der Waals surface area contributed by atoms with Crippen molar-refractivity contribution in [2.75, 3.05) is 0 Å². The van der Waals surface area contributed by atoms with Gasteiger partial charge in [0.15, 0.2) is 0 Å². The van der Waals surface area contributed by atoms with E-state index in [4.69, 9.17) is 0 Å². The third kappa shape index (κ3) is 22.2. The van der Waals surface area contributed by atoms with Crippen molar-refractivity contribution in [3.8, 4) is 0 Å². The van der Waals surface area contributed by atoms with Crippen LogP contribution in [0.1, 0.15) is 163 Å². The second-order valence-corrected chi connectivity index (χ2v) is 9.64. The predicted molar refractivity (Wildman–Crippen MR) is 127 cm³/mol. The van der Waals surface area contributed by atoms with E-state index < -0.39 is 0 Å². The minimum absolute atomic E-state index is 0.944. The highest BCUT2D eigenvalue weighted by molar-refractivity contribution is 4.57. The van der Waals surface area contributed by atoms with E-state index in [1.54, 1.807) is 0 Å². The molecule has 0 fully saturated rings. The average Bonchev–Trinajstić information content (AvgIpc) is 2.67. The van der Waals surface area contributed by atoms with Gasteiger partial charge in [-0.3, -0.25) is 0 Å². The second kappa shape index (κ2) is 22.3. The molecule has 0 N–H and O–H groups in total. The Morgan fingerprint density at radius 3 is 1.00 bits per heavy atom. The van der Waals surface area contributed by atoms with Gasteiger partial charge in [0.1, 0.15) is 0 Å². The van der Waals surface area contributed by atoms with Crippen LogP contribution in [0.25, 0.3) is 0 Å². The van der Waals surface area contributed by atoms with Gasteiger partial charge in [0.25, 0.3) is 0 Å². The van der Waals surface area contributed by atoms with Crippen LogP contribution >= 0.6 is 0 Å². The summed E-state index contributed by atoms with van der Waals surface area (Å²) in [4.78, 5) is 0. The lowest BCUT2D eigenvalue weighted by atomic mass is 9.95. The Bertz CT molecular complexity index is 257. The molecule has 0 aliphatic rings. The van der Waals surface area contributed by atoms with Gasteiger partial charge in [-0.1, -0.05) is 163 Å². The summed E-state index contributed by atoms with van der Waals surface area (Å²) in [6.07, 6.45) is 30.7. The summed E-state index contributed by atoms with van der Waals surface area (Å²) in [7, 11) is 0. The second-order valence-electron chi connectivity index (χ2n) is 9.64. The molecule has 2 atom stereocenters. The van der Waals surface area contributed by atoms with Crippen molar-refractivity contribution >= 4 is 0 Å². The molecular weight excluding hydrogens is 324 g/mol. The fourth-order valence-electron chi connectivity index (χ4n) is 4.20. The van der Waals surface area contributed by atoms with Crippen molar-refractivity contribution in [3.63, 3.8) is 0 Å². The highest BCUT2D eigenvalue weighted by Gasteiger charge is 2.03. The molecule has 0 saturated heterocycles. The Hall–Kier alpha value is 0. The normalized spacial score (nSPS) is 13.8. The van der Waals surface area contributed by atoms with Crippen molar-refractivity contribution in [2.24, 2.45) is 11.8 Å². The third-order valence-electron chi connectivity index (χ3n) is 6.64. The van der Waals surface area contributed by atoms with E-state index in [9.17, 15) is 0 Å². The third-order valence-corrected chi connectivity index (χ3v) is 6.64. The lowest BCUT2D eigenvalue weighted by Crippen LogP contribution is -1.96. The van der Waals surface area contributed by atoms with Gasteiger partial charge in [0, 0.05) is 0 Å². The smallest absolute Gasteiger partial charge is 0.0443 e. The number of hydrogen-bond donors (Lipinski definition) is 0. The Morgan fingerprint density at radius 2 is 0.667 bits per heavy atom. The highest BCUT2D eigenvalue weighted by Crippen LogP contribution is 2.19. The Kier molecular flexibility index (Phi) is 22.3. The predicted octanol–water partition coefficient (Wildman–Crippen LogP) is 10.5. The summed E-state index contributed by atoms with van der Waals surface area (Å²) < 4.78 is 0. The molecule has 0 aliphatic heterocycles. The van der Waals surface area contributed by atoms with E-state index in [0.29, 0.717) is 0 Å². The lowest BCUT2D eigenvalue weighted by Gasteiger charge is -2.11. The van der Waals surface area contributed by atoms with E-state index in [0.717, 1.165) is 11.8 Å². The van der Waals surface area contributed by atoms with Gasteiger partial charge >= 0.3 is 0 Å². The van der Waals surface area contributed by atoms with Crippen molar-refractivity contribution in [2.45, 2.75) is 163 Å². The molecule has 0 amide bonds. The summed E-state index contributed by atoms with van der Waals surface area (Å²) in [5, 5.41) is 0. The van der Waals surface area contributed by atoms with Gasteiger partial charge in [-0.2, -0.15) is 0 Å². The van der Waals surface area contributed by atoms with Gasteiger partial charge in [-0.25, -0.2) is 0 Å². The maximum atomic E-state index is 2.49. The first-order valence-electron chi connectivity index (χ1n) is 13.2. The van der Waals surface area contributed by atoms with Crippen LogP contribution in [0.2, 0.25) is 0 Å². The van der Waals surface area contributed by atoms with E-state index in [2.05, 4.69) is 27.7 Å². The van der Waals surface area contributed by atoms with Crippen LogP contribution in [0.5, 0.6) is 0 Å². The number of rotatable bonds is 22. The molecule has 0 bridgehead atoms. The van der Waals surface area contributed by atoms with E-state index >= 15 is 0 Å². The molecule has 164 valence electrons. The fraction of sp³-hybridized carbons (Fsp3) is 1.00. The van der Waals surface area contributed by atoms with Crippen LogP contribution in [-0.4, -0.2) is 0 Å². The lowest BCUT2D eigenvalue weighted by molar-refractivity contribution is 0.422. The molecule has 0 saturated carbocycles. The Balaban J connectivity index is 3.15. The molecule has 0 radical (unpaired) electrons. The van der Waals surface area contributed by atoms with Gasteiger partial charge in [0.05, 0.1) is 0 Å². The molecule has 0 aromatic heterocycles. The highest BCUT2D eigenvalue weighted by atomic mass is 14.1. The zero-order chi connectivity index (χ0) is 20.0. The molecule has 0 aromatic carbocycles. The van der Waals surface area contributed by atoms with Crippen LogP contribution in [0.3, 0.4) is 0 Å². The molecule has 0 aliphatic carbocycles. The minimum atomic E-state index is 0.944. The summed E-state index contributed by atoms with van der Waals surface area (Å²) in [5.74, 6) is 1.91. The van der Waals surface area contributed by atoms with Crippen LogP contribution < -0.4 is 0 Å². The van der Waals surface area contributed by atoms with E-state index in [1.165, 1.54) is 135 Å². The quantitative estimate of drug-likeness (QED) is 0.164. The Morgan fingerprint density at radius 1 is 0.370 bits per heavy atom. The van der Waals surface area contributed by atoms with E-state index in [-0.39, 0.29) is 0 Å². The van der Waals surface area contributed by atoms with Crippen molar-refractivity contribution in [1.29, 1.82) is 0 Å². The summed E-state index contributed by atoms with van der Waals surface area (Å²) in [5.41, 5.74) is 0. The molecule has 0 heteroatoms. The van der Waals surface area contributed by atoms with Crippen molar-refractivity contribution in [1.82, 2.24) is 0 Å². The van der Waals surface area contributed by atoms with Gasteiger partial charge in [-0.05, 0) is 11.8 Å². The van der Waals surface area contributed by atoms with E-state index in [1.807, 2.05) is 0 Å². The molecule has 0 nitrogen and oxygen atoms in total. The van der Waals surface area contributed by atoms with Gasteiger partial charge < -0.3 is 0 Å². The Labute approximate surface area is 174 Å². The van der Waals surface area contributed by atoms with Crippen LogP contribution in [0.15, 0.2) is 0 Å². The molecule has 2 unspecified atom stereocenters. The monoisotopic (exact) mass is 380 g/mol. The van der Waals surface area contributed by atoms with Gasteiger partial charge in [0.2, 0.25) is 0 Å². The molecule has 0 spiro atoms. The zero-order valence-corrected chi connectivity index (χ0v) is 20.0. The minimum Gasteiger partial charge on any atom is -0.0654 e. The SMILES string of the molecule is CCCCCCCCCCCCCCCC(C)CCCCCCC(C)CC. The van der Waals surface area contributed by atoms with Crippen LogP contribution in [0.4, 0.5) is 0 Å². The molecule has 0 rings (SSSR count). The molecule has 0 heterocycles. The first-order chi connectivity index (χ1) is 13.2. The largest absolute Gasteiger partial charge is 0.0654 e. The van der Waals surface area contributed by atoms with Crippen LogP contribution in [-0.2, 0) is 0 Å². The number of hydrogen-bond acceptors (Lipinski definition) is 0. The summed E-state index contributed by atoms with van der Waals surface area (Å²) in [6, 6.07) is 0.